The summed E-state index contributed by atoms with van der Waals surface area (Å²) in [5, 5.41) is 9.00. The van der Waals surface area contributed by atoms with E-state index in [1.807, 2.05) is 6.07 Å². The second-order valence-corrected chi connectivity index (χ2v) is 6.07. The number of rotatable bonds is 5. The summed E-state index contributed by atoms with van der Waals surface area (Å²) in [5.41, 5.74) is 1.19. The molecule has 0 amide bonds. The van der Waals surface area contributed by atoms with Crippen LogP contribution in [0.3, 0.4) is 0 Å². The molecule has 0 unspecified atom stereocenters. The van der Waals surface area contributed by atoms with E-state index in [0.29, 0.717) is 16.6 Å². The zero-order valence-electron chi connectivity index (χ0n) is 14.8. The third-order valence-corrected chi connectivity index (χ3v) is 4.35. The van der Waals surface area contributed by atoms with Crippen molar-refractivity contribution >= 4 is 16.8 Å². The van der Waals surface area contributed by atoms with Crippen molar-refractivity contribution in [2.75, 3.05) is 6.61 Å². The number of aromatic amines is 1. The van der Waals surface area contributed by atoms with E-state index in [1.165, 1.54) is 6.20 Å². The number of hydrogen-bond donors (Lipinski definition) is 1. The van der Waals surface area contributed by atoms with Crippen LogP contribution in [-0.2, 0) is 0 Å². The van der Waals surface area contributed by atoms with Crippen LogP contribution in [0.1, 0.15) is 15.9 Å². The van der Waals surface area contributed by atoms with Crippen LogP contribution in [0.5, 0.6) is 5.75 Å². The topological polar surface area (TPSA) is 91.7 Å². The number of fused-ring (bicyclic) bond motifs is 1. The first-order valence-corrected chi connectivity index (χ1v) is 8.50. The lowest BCUT2D eigenvalue weighted by atomic mass is 10.0. The van der Waals surface area contributed by atoms with Crippen LogP contribution in [0.4, 0.5) is 8.78 Å². The summed E-state index contributed by atoms with van der Waals surface area (Å²) >= 11 is 0. The fourth-order valence-electron chi connectivity index (χ4n) is 2.98. The molecular formula is C21H12F2N4O2. The number of ether oxygens (including phenoxy) is 1. The first-order chi connectivity index (χ1) is 14.1. The van der Waals surface area contributed by atoms with Gasteiger partial charge in [-0.3, -0.25) is 9.78 Å². The van der Waals surface area contributed by atoms with Crippen molar-refractivity contribution in [1.82, 2.24) is 15.0 Å². The second kappa shape index (κ2) is 7.48. The van der Waals surface area contributed by atoms with Gasteiger partial charge in [-0.15, -0.1) is 0 Å². The van der Waals surface area contributed by atoms with Gasteiger partial charge < -0.3 is 9.72 Å². The van der Waals surface area contributed by atoms with Gasteiger partial charge in [-0.2, -0.15) is 5.26 Å². The van der Waals surface area contributed by atoms with E-state index in [1.54, 1.807) is 36.8 Å². The summed E-state index contributed by atoms with van der Waals surface area (Å²) < 4.78 is 34.0. The molecule has 3 heterocycles. The number of nitrogens with zero attached hydrogens (tertiary/aromatic N) is 3. The van der Waals surface area contributed by atoms with Crippen LogP contribution < -0.4 is 4.74 Å². The number of nitriles is 1. The molecule has 0 saturated heterocycles. The van der Waals surface area contributed by atoms with Crippen molar-refractivity contribution in [3.63, 3.8) is 0 Å². The fourth-order valence-corrected chi connectivity index (χ4v) is 2.98. The lowest BCUT2D eigenvalue weighted by molar-refractivity contribution is 0.103. The highest BCUT2D eigenvalue weighted by Gasteiger charge is 2.25. The maximum absolute atomic E-state index is 14.7. The number of pyridine rings is 2. The molecule has 1 N–H and O–H groups in total. The van der Waals surface area contributed by atoms with Crippen LogP contribution in [0.15, 0.2) is 55.1 Å². The van der Waals surface area contributed by atoms with Gasteiger partial charge in [-0.05, 0) is 24.3 Å². The van der Waals surface area contributed by atoms with Crippen molar-refractivity contribution in [1.29, 1.82) is 5.26 Å². The molecule has 6 nitrogen and oxygen atoms in total. The Hall–Kier alpha value is -4.12. The molecule has 0 aliphatic heterocycles. The maximum Gasteiger partial charge on any atom is 0.201 e. The molecule has 0 spiro atoms. The van der Waals surface area contributed by atoms with Crippen LogP contribution in [0, 0.1) is 23.0 Å². The van der Waals surface area contributed by atoms with Gasteiger partial charge in [0.15, 0.2) is 18.2 Å². The van der Waals surface area contributed by atoms with E-state index in [0.717, 1.165) is 17.7 Å². The summed E-state index contributed by atoms with van der Waals surface area (Å²) in [5.74, 6) is -3.41. The highest BCUT2D eigenvalue weighted by molar-refractivity contribution is 6.16. The number of hydrogen-bond acceptors (Lipinski definition) is 5. The number of H-pyrrole nitrogens is 1. The van der Waals surface area contributed by atoms with E-state index in [2.05, 4.69) is 15.0 Å². The molecule has 4 aromatic rings. The zero-order valence-corrected chi connectivity index (χ0v) is 14.8. The first kappa shape index (κ1) is 18.3. The summed E-state index contributed by atoms with van der Waals surface area (Å²) in [6.07, 6.45) is 6.25. The average Bonchev–Trinajstić information content (AvgIpc) is 3.17. The van der Waals surface area contributed by atoms with E-state index in [9.17, 15) is 13.6 Å². The summed E-state index contributed by atoms with van der Waals surface area (Å²) in [4.78, 5) is 24.1. The zero-order chi connectivity index (χ0) is 20.4. The third kappa shape index (κ3) is 3.30. The molecule has 0 aliphatic rings. The van der Waals surface area contributed by atoms with E-state index in [-0.39, 0.29) is 11.3 Å². The minimum Gasteiger partial charge on any atom is -0.476 e. The van der Waals surface area contributed by atoms with E-state index < -0.39 is 29.6 Å². The largest absolute Gasteiger partial charge is 0.476 e. The fraction of sp³-hybridized carbons (Fsp3) is 0.0476. The lowest BCUT2D eigenvalue weighted by Gasteiger charge is -2.09. The summed E-state index contributed by atoms with van der Waals surface area (Å²) in [6.45, 7) is -0.429. The van der Waals surface area contributed by atoms with Crippen molar-refractivity contribution < 1.29 is 18.3 Å². The van der Waals surface area contributed by atoms with Crippen molar-refractivity contribution in [2.24, 2.45) is 0 Å². The molecule has 29 heavy (non-hydrogen) atoms. The molecular weight excluding hydrogens is 378 g/mol. The summed E-state index contributed by atoms with van der Waals surface area (Å²) in [7, 11) is 0. The monoisotopic (exact) mass is 390 g/mol. The van der Waals surface area contributed by atoms with Crippen LogP contribution >= 0.6 is 0 Å². The number of halogens is 2. The first-order valence-electron chi connectivity index (χ1n) is 8.50. The van der Waals surface area contributed by atoms with Crippen LogP contribution in [0.2, 0.25) is 0 Å². The molecule has 0 aliphatic carbocycles. The van der Waals surface area contributed by atoms with Crippen molar-refractivity contribution in [3.8, 4) is 22.9 Å². The minimum absolute atomic E-state index is 0.0634. The molecule has 142 valence electrons. The third-order valence-electron chi connectivity index (χ3n) is 4.35. The van der Waals surface area contributed by atoms with Gasteiger partial charge in [0.05, 0.1) is 5.56 Å². The highest BCUT2D eigenvalue weighted by Crippen LogP contribution is 2.29. The normalized spacial score (nSPS) is 10.7. The second-order valence-electron chi connectivity index (χ2n) is 6.07. The average molecular weight is 390 g/mol. The van der Waals surface area contributed by atoms with Gasteiger partial charge >= 0.3 is 0 Å². The SMILES string of the molecule is N#CCOc1ccc(F)c(C(=O)c2c[nH]c3ncc(-c4cccnc4)cc23)c1F. The molecule has 1 aromatic carbocycles. The standard InChI is InChI=1S/C21H12F2N4O2/c22-16-3-4-17(29-7-5-24)19(23)18(16)20(28)15-11-27-21-14(15)8-13(10-26-21)12-2-1-6-25-9-12/h1-4,6,8-11H,7H2,(H,26,27). The Balaban J connectivity index is 1.81. The number of nitrogens with one attached hydrogen (secondary N) is 1. The number of carbonyl (C=O) groups is 1. The highest BCUT2D eigenvalue weighted by atomic mass is 19.1. The van der Waals surface area contributed by atoms with Crippen LogP contribution in [-0.4, -0.2) is 27.3 Å². The Labute approximate surface area is 163 Å². The number of benzene rings is 1. The van der Waals surface area contributed by atoms with Gasteiger partial charge in [0, 0.05) is 46.9 Å². The van der Waals surface area contributed by atoms with E-state index >= 15 is 0 Å². The molecule has 0 bridgehead atoms. The van der Waals surface area contributed by atoms with Gasteiger partial charge in [0.1, 0.15) is 17.5 Å². The Morgan fingerprint density at radius 3 is 2.83 bits per heavy atom. The lowest BCUT2D eigenvalue weighted by Crippen LogP contribution is -2.09. The Kier molecular flexibility index (Phi) is 4.71. The smallest absolute Gasteiger partial charge is 0.201 e. The maximum atomic E-state index is 14.7. The van der Waals surface area contributed by atoms with Gasteiger partial charge in [0.25, 0.3) is 0 Å². The minimum atomic E-state index is -1.16. The number of carbonyl (C=O) groups excluding carboxylic acids is 1. The predicted molar refractivity (Wildman–Crippen MR) is 100 cm³/mol. The summed E-state index contributed by atoms with van der Waals surface area (Å²) in [6, 6.07) is 8.96. The molecule has 8 heteroatoms. The molecule has 4 rings (SSSR count). The van der Waals surface area contributed by atoms with Crippen LogP contribution in [0.25, 0.3) is 22.2 Å². The van der Waals surface area contributed by atoms with Crippen molar-refractivity contribution in [3.05, 3.63) is 77.9 Å². The van der Waals surface area contributed by atoms with Gasteiger partial charge in [-0.1, -0.05) is 6.07 Å². The number of ketones is 1. The molecule has 0 atom stereocenters. The molecule has 0 fully saturated rings. The van der Waals surface area contributed by atoms with Gasteiger partial charge in [0.2, 0.25) is 5.78 Å². The predicted octanol–water partition coefficient (Wildman–Crippen LogP) is 4.04. The Morgan fingerprint density at radius 1 is 1.21 bits per heavy atom. The molecule has 0 saturated carbocycles. The quantitative estimate of drug-likeness (QED) is 0.520. The Bertz CT molecular complexity index is 1260. The van der Waals surface area contributed by atoms with Gasteiger partial charge in [-0.25, -0.2) is 13.8 Å². The van der Waals surface area contributed by atoms with Crippen molar-refractivity contribution in [2.45, 2.75) is 0 Å². The number of aromatic nitrogens is 3. The molecule has 0 radical (unpaired) electrons. The Morgan fingerprint density at radius 2 is 2.07 bits per heavy atom. The molecule has 3 aromatic heterocycles. The van der Waals surface area contributed by atoms with E-state index in [4.69, 9.17) is 10.00 Å².